The Balaban J connectivity index is 1.97. The van der Waals surface area contributed by atoms with Crippen LogP contribution in [0.25, 0.3) is 0 Å². The first-order valence-corrected chi connectivity index (χ1v) is 8.95. The lowest BCUT2D eigenvalue weighted by Crippen LogP contribution is -2.10. The second-order valence-corrected chi connectivity index (χ2v) is 7.31. The van der Waals surface area contributed by atoms with Crippen molar-refractivity contribution in [3.8, 4) is 0 Å². The third kappa shape index (κ3) is 5.99. The number of aromatic nitrogens is 2. The Bertz CT molecular complexity index is 638. The van der Waals surface area contributed by atoms with E-state index in [-0.39, 0.29) is 15.6 Å². The van der Waals surface area contributed by atoms with Crippen LogP contribution in [0.5, 0.6) is 0 Å². The second kappa shape index (κ2) is 8.64. The molecule has 1 atom stereocenters. The van der Waals surface area contributed by atoms with Crippen LogP contribution in [0.15, 0.2) is 36.7 Å². The Morgan fingerprint density at radius 3 is 2.39 bits per heavy atom. The number of nitrogens with two attached hydrogens (primary N) is 2. The lowest BCUT2D eigenvalue weighted by molar-refractivity contribution is 0.863. The predicted molar refractivity (Wildman–Crippen MR) is 99.1 cm³/mol. The molecule has 0 aliphatic rings. The third-order valence-corrected chi connectivity index (χ3v) is 4.83. The fourth-order valence-corrected chi connectivity index (χ4v) is 3.52. The van der Waals surface area contributed by atoms with Crippen molar-refractivity contribution in [2.24, 2.45) is 11.5 Å². The van der Waals surface area contributed by atoms with Gasteiger partial charge in [-0.2, -0.15) is 0 Å². The molecule has 23 heavy (non-hydrogen) atoms. The van der Waals surface area contributed by atoms with Gasteiger partial charge in [-0.05, 0) is 24.0 Å². The number of H-pyrrole nitrogens is 1. The molecule has 0 unspecified atom stereocenters. The van der Waals surface area contributed by atoms with Gasteiger partial charge in [0.25, 0.3) is 0 Å². The van der Waals surface area contributed by atoms with E-state index in [9.17, 15) is 0 Å². The number of thioether (sulfide) groups is 2. The van der Waals surface area contributed by atoms with Gasteiger partial charge in [-0.15, -0.1) is 0 Å². The van der Waals surface area contributed by atoms with Gasteiger partial charge in [-0.1, -0.05) is 47.8 Å². The Kier molecular flexibility index (Phi) is 6.54. The van der Waals surface area contributed by atoms with Crippen molar-refractivity contribution in [1.82, 2.24) is 9.97 Å². The van der Waals surface area contributed by atoms with Gasteiger partial charge in [0.05, 0.1) is 5.25 Å². The molecular weight excluding hydrogens is 328 g/mol. The highest BCUT2D eigenvalue weighted by atomic mass is 32.2. The monoisotopic (exact) mass is 348 g/mol. The zero-order chi connectivity index (χ0) is 16.7. The summed E-state index contributed by atoms with van der Waals surface area (Å²) >= 11 is 2.65. The van der Waals surface area contributed by atoms with Crippen LogP contribution in [0.1, 0.15) is 22.2 Å². The number of rotatable bonds is 7. The summed E-state index contributed by atoms with van der Waals surface area (Å²) < 4.78 is 0. The number of nitrogens with zero attached hydrogens (tertiary/aromatic N) is 1. The van der Waals surface area contributed by atoms with Crippen LogP contribution in [0, 0.1) is 10.8 Å². The molecule has 0 fully saturated rings. The molecule has 6 nitrogen and oxygen atoms in total. The normalized spacial score (nSPS) is 12.0. The standard InChI is InChI=1S/C15H20N6S2/c16-14(17)22-8-5-10-1-3-11(4-2-10)9-12(23-15(18)19)13-20-6-7-21-13/h1-4,6-7,12H,5,8-9H2,(H3,16,17)(H3,18,19)(H,20,21)/t12-/m0/s1. The molecule has 1 aromatic carbocycles. The molecular formula is C15H20N6S2. The van der Waals surface area contributed by atoms with E-state index in [0.717, 1.165) is 24.4 Å². The summed E-state index contributed by atoms with van der Waals surface area (Å²) in [4.78, 5) is 7.37. The van der Waals surface area contributed by atoms with Gasteiger partial charge in [-0.25, -0.2) is 4.98 Å². The summed E-state index contributed by atoms with van der Waals surface area (Å²) in [5, 5.41) is 14.9. The molecule has 0 bridgehead atoms. The number of nitrogens with one attached hydrogen (secondary N) is 3. The van der Waals surface area contributed by atoms with Crippen molar-refractivity contribution >= 4 is 33.9 Å². The predicted octanol–water partition coefficient (Wildman–Crippen LogP) is 2.49. The van der Waals surface area contributed by atoms with Crippen LogP contribution >= 0.6 is 23.5 Å². The number of amidine groups is 2. The van der Waals surface area contributed by atoms with Gasteiger partial charge < -0.3 is 16.5 Å². The van der Waals surface area contributed by atoms with Crippen molar-refractivity contribution < 1.29 is 0 Å². The van der Waals surface area contributed by atoms with Crippen LogP contribution in [0.4, 0.5) is 0 Å². The van der Waals surface area contributed by atoms with Crippen molar-refractivity contribution in [2.45, 2.75) is 18.1 Å². The van der Waals surface area contributed by atoms with E-state index < -0.39 is 0 Å². The van der Waals surface area contributed by atoms with Gasteiger partial charge in [0, 0.05) is 18.1 Å². The molecule has 0 radical (unpaired) electrons. The maximum Gasteiger partial charge on any atom is 0.151 e. The maximum absolute atomic E-state index is 7.51. The summed E-state index contributed by atoms with van der Waals surface area (Å²) in [6.45, 7) is 0. The molecule has 2 rings (SSSR count). The molecule has 2 aromatic rings. The number of hydrogen-bond acceptors (Lipinski definition) is 5. The molecule has 0 saturated carbocycles. The molecule has 0 saturated heterocycles. The number of imidazole rings is 1. The van der Waals surface area contributed by atoms with Crippen LogP contribution < -0.4 is 11.5 Å². The van der Waals surface area contributed by atoms with E-state index in [4.69, 9.17) is 22.3 Å². The van der Waals surface area contributed by atoms with Gasteiger partial charge in [0.1, 0.15) is 5.82 Å². The second-order valence-electron chi connectivity index (χ2n) is 4.93. The molecule has 7 N–H and O–H groups in total. The first kappa shape index (κ1) is 17.4. The van der Waals surface area contributed by atoms with E-state index in [1.54, 1.807) is 12.4 Å². The fourth-order valence-electron chi connectivity index (χ4n) is 2.14. The summed E-state index contributed by atoms with van der Waals surface area (Å²) in [5.74, 6) is 1.64. The largest absolute Gasteiger partial charge is 0.379 e. The average Bonchev–Trinajstić information content (AvgIpc) is 3.02. The molecule has 8 heteroatoms. The van der Waals surface area contributed by atoms with Crippen LogP contribution in [0.2, 0.25) is 0 Å². The van der Waals surface area contributed by atoms with E-state index in [1.165, 1.54) is 34.7 Å². The van der Waals surface area contributed by atoms with Crippen molar-refractivity contribution in [2.75, 3.05) is 5.75 Å². The lowest BCUT2D eigenvalue weighted by Gasteiger charge is -2.13. The Hall–Kier alpha value is -1.93. The summed E-state index contributed by atoms with van der Waals surface area (Å²) in [6.07, 6.45) is 5.12. The van der Waals surface area contributed by atoms with Gasteiger partial charge in [-0.3, -0.25) is 10.8 Å². The Labute approximate surface area is 143 Å². The van der Waals surface area contributed by atoms with Crippen molar-refractivity contribution in [3.63, 3.8) is 0 Å². The van der Waals surface area contributed by atoms with Gasteiger partial charge in [0.2, 0.25) is 0 Å². The van der Waals surface area contributed by atoms with E-state index in [1.807, 2.05) is 0 Å². The van der Waals surface area contributed by atoms with Crippen molar-refractivity contribution in [1.29, 1.82) is 10.8 Å². The summed E-state index contributed by atoms with van der Waals surface area (Å²) in [5.41, 5.74) is 13.2. The molecule has 0 aliphatic carbocycles. The van der Waals surface area contributed by atoms with Crippen LogP contribution in [-0.2, 0) is 12.8 Å². The first-order valence-electron chi connectivity index (χ1n) is 7.09. The zero-order valence-corrected chi connectivity index (χ0v) is 14.2. The fraction of sp³-hybridized carbons (Fsp3) is 0.267. The Morgan fingerprint density at radius 1 is 1.13 bits per heavy atom. The first-order chi connectivity index (χ1) is 11.0. The highest BCUT2D eigenvalue weighted by molar-refractivity contribution is 8.14. The molecule has 1 heterocycles. The highest BCUT2D eigenvalue weighted by Gasteiger charge is 2.17. The summed E-state index contributed by atoms with van der Waals surface area (Å²) in [6, 6.07) is 8.36. The van der Waals surface area contributed by atoms with E-state index in [0.29, 0.717) is 0 Å². The molecule has 122 valence electrons. The molecule has 0 spiro atoms. The number of hydrogen-bond donors (Lipinski definition) is 5. The maximum atomic E-state index is 7.51. The third-order valence-electron chi connectivity index (χ3n) is 3.19. The Morgan fingerprint density at radius 2 is 1.83 bits per heavy atom. The highest BCUT2D eigenvalue weighted by Crippen LogP contribution is 2.29. The molecule has 0 aliphatic heterocycles. The smallest absolute Gasteiger partial charge is 0.151 e. The molecule has 0 amide bonds. The molecule has 1 aromatic heterocycles. The zero-order valence-electron chi connectivity index (χ0n) is 12.6. The SMILES string of the molecule is N=C(N)SCCc1ccc(C[C@H](SC(=N)N)c2ncc[nH]2)cc1. The summed E-state index contributed by atoms with van der Waals surface area (Å²) in [7, 11) is 0. The quantitative estimate of drug-likeness (QED) is 0.388. The minimum atomic E-state index is 0.00150. The van der Waals surface area contributed by atoms with Crippen molar-refractivity contribution in [3.05, 3.63) is 53.6 Å². The van der Waals surface area contributed by atoms with Gasteiger partial charge >= 0.3 is 0 Å². The van der Waals surface area contributed by atoms with Crippen LogP contribution in [-0.4, -0.2) is 26.1 Å². The van der Waals surface area contributed by atoms with E-state index >= 15 is 0 Å². The minimum absolute atomic E-state index is 0.00150. The average molecular weight is 349 g/mol. The van der Waals surface area contributed by atoms with Crippen LogP contribution in [0.3, 0.4) is 0 Å². The number of aromatic amines is 1. The van der Waals surface area contributed by atoms with Gasteiger partial charge in [0.15, 0.2) is 10.3 Å². The lowest BCUT2D eigenvalue weighted by atomic mass is 10.1. The topological polar surface area (TPSA) is 128 Å². The van der Waals surface area contributed by atoms with E-state index in [2.05, 4.69) is 34.2 Å². The minimum Gasteiger partial charge on any atom is -0.379 e. The number of benzene rings is 1. The number of aryl methyl sites for hydroxylation is 1.